The van der Waals surface area contributed by atoms with Crippen LogP contribution in [0.4, 0.5) is 0 Å². The Balaban J connectivity index is 2.86. The third kappa shape index (κ3) is 1.24. The molecule has 0 aliphatic heterocycles. The molecule has 0 fully saturated rings. The number of aromatic nitrogens is 1. The van der Waals surface area contributed by atoms with Crippen molar-refractivity contribution in [2.45, 2.75) is 26.7 Å². The highest BCUT2D eigenvalue weighted by Gasteiger charge is 2.10. The van der Waals surface area contributed by atoms with Gasteiger partial charge in [0.1, 0.15) is 0 Å². The summed E-state index contributed by atoms with van der Waals surface area (Å²) in [6.07, 6.45) is 2.25. The van der Waals surface area contributed by atoms with Crippen LogP contribution in [0.3, 0.4) is 0 Å². The average Bonchev–Trinajstić information content (AvgIpc) is 2.46. The van der Waals surface area contributed by atoms with Gasteiger partial charge in [0.05, 0.1) is 0 Å². The highest BCUT2D eigenvalue weighted by molar-refractivity contribution is 5.87. The average molecular weight is 187 g/mol. The lowest BCUT2D eigenvalue weighted by molar-refractivity contribution is 0.857. The van der Waals surface area contributed by atoms with Crippen LogP contribution in [-0.4, -0.2) is 4.57 Å². The number of aryl methyl sites for hydroxylation is 2. The van der Waals surface area contributed by atoms with Crippen LogP contribution in [0.5, 0.6) is 0 Å². The second-order valence-corrected chi connectivity index (χ2v) is 4.32. The van der Waals surface area contributed by atoms with Crippen LogP contribution in [0, 0.1) is 6.92 Å². The zero-order valence-corrected chi connectivity index (χ0v) is 9.33. The molecule has 0 aliphatic carbocycles. The fourth-order valence-corrected chi connectivity index (χ4v) is 2.10. The van der Waals surface area contributed by atoms with Crippen molar-refractivity contribution in [3.63, 3.8) is 0 Å². The van der Waals surface area contributed by atoms with E-state index in [2.05, 4.69) is 56.8 Å². The molecule has 0 saturated heterocycles. The van der Waals surface area contributed by atoms with Crippen LogP contribution in [0.2, 0.25) is 0 Å². The minimum absolute atomic E-state index is 0.597. The van der Waals surface area contributed by atoms with E-state index in [0.717, 1.165) is 0 Å². The van der Waals surface area contributed by atoms with Crippen LogP contribution in [0.1, 0.15) is 30.9 Å². The Morgan fingerprint density at radius 2 is 1.93 bits per heavy atom. The molecule has 0 N–H and O–H groups in total. The number of benzene rings is 1. The summed E-state index contributed by atoms with van der Waals surface area (Å²) in [5.41, 5.74) is 4.18. The number of fused-ring (bicyclic) bond motifs is 1. The van der Waals surface area contributed by atoms with Gasteiger partial charge in [0.15, 0.2) is 0 Å². The van der Waals surface area contributed by atoms with E-state index in [4.69, 9.17) is 0 Å². The molecule has 0 amide bonds. The SMILES string of the molecule is Cc1cccc2c1c(C(C)C)cn2C. The van der Waals surface area contributed by atoms with E-state index in [1.807, 2.05) is 0 Å². The van der Waals surface area contributed by atoms with Crippen molar-refractivity contribution in [2.75, 3.05) is 0 Å². The molecular formula is C13H17N. The fourth-order valence-electron chi connectivity index (χ4n) is 2.10. The van der Waals surface area contributed by atoms with Gasteiger partial charge in [0, 0.05) is 24.1 Å². The largest absolute Gasteiger partial charge is 0.350 e. The lowest BCUT2D eigenvalue weighted by atomic mass is 9.99. The first-order chi connectivity index (χ1) is 6.61. The molecule has 0 saturated carbocycles. The quantitative estimate of drug-likeness (QED) is 0.642. The second kappa shape index (κ2) is 3.16. The number of nitrogens with zero attached hydrogens (tertiary/aromatic N) is 1. The molecule has 0 radical (unpaired) electrons. The van der Waals surface area contributed by atoms with Crippen LogP contribution in [0.15, 0.2) is 24.4 Å². The molecule has 0 aliphatic rings. The summed E-state index contributed by atoms with van der Waals surface area (Å²) < 4.78 is 2.22. The monoisotopic (exact) mass is 187 g/mol. The van der Waals surface area contributed by atoms with Crippen molar-refractivity contribution in [1.82, 2.24) is 4.57 Å². The van der Waals surface area contributed by atoms with E-state index in [1.165, 1.54) is 22.0 Å². The maximum Gasteiger partial charge on any atom is 0.0483 e. The van der Waals surface area contributed by atoms with Crippen molar-refractivity contribution in [3.05, 3.63) is 35.5 Å². The summed E-state index contributed by atoms with van der Waals surface area (Å²) in [5, 5.41) is 1.44. The summed E-state index contributed by atoms with van der Waals surface area (Å²) in [7, 11) is 2.12. The third-order valence-corrected chi connectivity index (χ3v) is 2.87. The van der Waals surface area contributed by atoms with E-state index >= 15 is 0 Å². The molecule has 1 aromatic heterocycles. The van der Waals surface area contributed by atoms with E-state index in [1.54, 1.807) is 0 Å². The summed E-state index contributed by atoms with van der Waals surface area (Å²) in [4.78, 5) is 0. The van der Waals surface area contributed by atoms with Crippen molar-refractivity contribution >= 4 is 10.9 Å². The summed E-state index contributed by atoms with van der Waals surface area (Å²) >= 11 is 0. The zero-order valence-electron chi connectivity index (χ0n) is 9.33. The predicted octanol–water partition coefficient (Wildman–Crippen LogP) is 3.61. The number of rotatable bonds is 1. The van der Waals surface area contributed by atoms with Gasteiger partial charge in [0.25, 0.3) is 0 Å². The maximum absolute atomic E-state index is 2.25. The van der Waals surface area contributed by atoms with Crippen molar-refractivity contribution in [3.8, 4) is 0 Å². The van der Waals surface area contributed by atoms with E-state index in [-0.39, 0.29) is 0 Å². The Kier molecular flexibility index (Phi) is 2.10. The van der Waals surface area contributed by atoms with Crippen molar-refractivity contribution in [2.24, 2.45) is 7.05 Å². The van der Waals surface area contributed by atoms with Gasteiger partial charge in [-0.25, -0.2) is 0 Å². The summed E-state index contributed by atoms with van der Waals surface area (Å²) in [5.74, 6) is 0.597. The Bertz CT molecular complexity index is 463. The van der Waals surface area contributed by atoms with E-state index in [9.17, 15) is 0 Å². The second-order valence-electron chi connectivity index (χ2n) is 4.32. The Labute approximate surface area is 85.4 Å². The molecule has 1 heteroatoms. The minimum Gasteiger partial charge on any atom is -0.350 e. The molecular weight excluding hydrogens is 170 g/mol. The van der Waals surface area contributed by atoms with Gasteiger partial charge in [0.2, 0.25) is 0 Å². The highest BCUT2D eigenvalue weighted by atomic mass is 14.9. The lowest BCUT2D eigenvalue weighted by Gasteiger charge is -2.04. The smallest absolute Gasteiger partial charge is 0.0483 e. The van der Waals surface area contributed by atoms with Crippen molar-refractivity contribution in [1.29, 1.82) is 0 Å². The van der Waals surface area contributed by atoms with E-state index < -0.39 is 0 Å². The summed E-state index contributed by atoms with van der Waals surface area (Å²) in [6, 6.07) is 6.50. The van der Waals surface area contributed by atoms with E-state index in [0.29, 0.717) is 5.92 Å². The molecule has 14 heavy (non-hydrogen) atoms. The number of hydrogen-bond acceptors (Lipinski definition) is 0. The zero-order chi connectivity index (χ0) is 10.3. The van der Waals surface area contributed by atoms with Gasteiger partial charge in [-0.15, -0.1) is 0 Å². The first kappa shape index (κ1) is 9.32. The van der Waals surface area contributed by atoms with Gasteiger partial charge in [-0.2, -0.15) is 0 Å². The van der Waals surface area contributed by atoms with Crippen LogP contribution < -0.4 is 0 Å². The molecule has 74 valence electrons. The normalized spacial score (nSPS) is 11.5. The first-order valence-corrected chi connectivity index (χ1v) is 5.16. The first-order valence-electron chi connectivity index (χ1n) is 5.16. The standard InChI is InChI=1S/C13H17N/c1-9(2)11-8-14(4)12-7-5-6-10(3)13(11)12/h5-9H,1-4H3. The number of hydrogen-bond donors (Lipinski definition) is 0. The molecule has 0 atom stereocenters. The van der Waals surface area contributed by atoms with Gasteiger partial charge in [-0.1, -0.05) is 26.0 Å². The topological polar surface area (TPSA) is 4.93 Å². The van der Waals surface area contributed by atoms with Crippen LogP contribution in [-0.2, 0) is 7.05 Å². The molecule has 2 aromatic rings. The molecule has 0 bridgehead atoms. The molecule has 2 rings (SSSR count). The molecule has 1 heterocycles. The van der Waals surface area contributed by atoms with Gasteiger partial charge >= 0.3 is 0 Å². The van der Waals surface area contributed by atoms with Gasteiger partial charge < -0.3 is 4.57 Å². The van der Waals surface area contributed by atoms with Gasteiger partial charge in [-0.05, 0) is 30.0 Å². The fraction of sp³-hybridized carbons (Fsp3) is 0.385. The predicted molar refractivity (Wildman–Crippen MR) is 61.7 cm³/mol. The Hall–Kier alpha value is -1.24. The van der Waals surface area contributed by atoms with Crippen LogP contribution >= 0.6 is 0 Å². The molecule has 0 unspecified atom stereocenters. The van der Waals surface area contributed by atoms with Crippen LogP contribution in [0.25, 0.3) is 10.9 Å². The molecule has 1 nitrogen and oxygen atoms in total. The highest BCUT2D eigenvalue weighted by Crippen LogP contribution is 2.29. The van der Waals surface area contributed by atoms with Gasteiger partial charge in [-0.3, -0.25) is 0 Å². The molecule has 0 spiro atoms. The minimum atomic E-state index is 0.597. The summed E-state index contributed by atoms with van der Waals surface area (Å²) in [6.45, 7) is 6.69. The van der Waals surface area contributed by atoms with Crippen molar-refractivity contribution < 1.29 is 0 Å². The molecule has 1 aromatic carbocycles. The Morgan fingerprint density at radius 1 is 1.21 bits per heavy atom. The Morgan fingerprint density at radius 3 is 2.57 bits per heavy atom. The third-order valence-electron chi connectivity index (χ3n) is 2.87. The maximum atomic E-state index is 2.25. The lowest BCUT2D eigenvalue weighted by Crippen LogP contribution is -1.85.